The summed E-state index contributed by atoms with van der Waals surface area (Å²) in [7, 11) is 1.67. The van der Waals surface area contributed by atoms with E-state index in [0.29, 0.717) is 19.6 Å². The molecule has 4 heteroatoms. The predicted octanol–water partition coefficient (Wildman–Crippen LogP) is 2.01. The van der Waals surface area contributed by atoms with Gasteiger partial charge in [-0.05, 0) is 45.1 Å². The fourth-order valence-corrected chi connectivity index (χ4v) is 2.24. The highest BCUT2D eigenvalue weighted by molar-refractivity contribution is 5.75. The first-order chi connectivity index (χ1) is 9.33. The van der Waals surface area contributed by atoms with E-state index in [1.54, 1.807) is 12.7 Å². The zero-order valence-corrected chi connectivity index (χ0v) is 12.2. The van der Waals surface area contributed by atoms with Crippen molar-refractivity contribution in [1.29, 1.82) is 0 Å². The molecule has 0 bridgehead atoms. The van der Waals surface area contributed by atoms with Crippen molar-refractivity contribution in [1.82, 2.24) is 10.6 Å². The average Bonchev–Trinajstić information content (AvgIpc) is 2.44. The molecule has 0 spiro atoms. The SMILES string of the molecule is COCCCNC(=O)CCNCCC1=CCCCC1. The number of amides is 1. The Morgan fingerprint density at radius 3 is 2.95 bits per heavy atom. The maximum Gasteiger partial charge on any atom is 0.221 e. The number of carbonyl (C=O) groups excluding carboxylic acids is 1. The van der Waals surface area contributed by atoms with Gasteiger partial charge in [0.05, 0.1) is 0 Å². The van der Waals surface area contributed by atoms with Crippen molar-refractivity contribution in [2.75, 3.05) is 33.4 Å². The van der Waals surface area contributed by atoms with E-state index in [2.05, 4.69) is 16.7 Å². The van der Waals surface area contributed by atoms with Gasteiger partial charge in [0.1, 0.15) is 0 Å². The zero-order valence-electron chi connectivity index (χ0n) is 12.2. The molecule has 0 radical (unpaired) electrons. The number of rotatable bonds is 10. The van der Waals surface area contributed by atoms with Gasteiger partial charge < -0.3 is 15.4 Å². The van der Waals surface area contributed by atoms with E-state index >= 15 is 0 Å². The van der Waals surface area contributed by atoms with E-state index in [9.17, 15) is 4.79 Å². The van der Waals surface area contributed by atoms with E-state index in [1.807, 2.05) is 0 Å². The summed E-state index contributed by atoms with van der Waals surface area (Å²) >= 11 is 0. The van der Waals surface area contributed by atoms with Crippen LogP contribution in [0.15, 0.2) is 11.6 Å². The summed E-state index contributed by atoms with van der Waals surface area (Å²) in [5.74, 6) is 0.125. The van der Waals surface area contributed by atoms with Crippen LogP contribution in [0, 0.1) is 0 Å². The lowest BCUT2D eigenvalue weighted by Gasteiger charge is -2.12. The molecule has 0 aromatic carbocycles. The summed E-state index contributed by atoms with van der Waals surface area (Å²) in [6.45, 7) is 3.17. The van der Waals surface area contributed by atoms with Gasteiger partial charge in [0.2, 0.25) is 5.91 Å². The predicted molar refractivity (Wildman–Crippen MR) is 78.2 cm³/mol. The number of carbonyl (C=O) groups is 1. The molecule has 4 nitrogen and oxygen atoms in total. The fraction of sp³-hybridized carbons (Fsp3) is 0.800. The number of nitrogens with one attached hydrogen (secondary N) is 2. The van der Waals surface area contributed by atoms with Crippen LogP contribution in [-0.2, 0) is 9.53 Å². The first kappa shape index (κ1) is 16.2. The normalized spacial score (nSPS) is 15.1. The largest absolute Gasteiger partial charge is 0.385 e. The summed E-state index contributed by atoms with van der Waals surface area (Å²) in [6.07, 6.45) is 10.2. The van der Waals surface area contributed by atoms with Gasteiger partial charge in [-0.25, -0.2) is 0 Å². The van der Waals surface area contributed by atoms with Crippen molar-refractivity contribution in [2.24, 2.45) is 0 Å². The Morgan fingerprint density at radius 1 is 1.32 bits per heavy atom. The second-order valence-electron chi connectivity index (χ2n) is 5.05. The molecule has 0 saturated heterocycles. The second-order valence-corrected chi connectivity index (χ2v) is 5.05. The number of hydrogen-bond acceptors (Lipinski definition) is 3. The lowest BCUT2D eigenvalue weighted by molar-refractivity contribution is -0.121. The van der Waals surface area contributed by atoms with Crippen molar-refractivity contribution >= 4 is 5.91 Å². The molecule has 19 heavy (non-hydrogen) atoms. The molecule has 0 aliphatic heterocycles. The quantitative estimate of drug-likeness (QED) is 0.471. The number of allylic oxidation sites excluding steroid dienone is 1. The summed E-state index contributed by atoms with van der Waals surface area (Å²) < 4.78 is 4.93. The molecule has 0 heterocycles. The average molecular weight is 268 g/mol. The third-order valence-electron chi connectivity index (χ3n) is 3.38. The van der Waals surface area contributed by atoms with E-state index in [1.165, 1.54) is 25.7 Å². The minimum atomic E-state index is 0.125. The van der Waals surface area contributed by atoms with Gasteiger partial charge in [0, 0.05) is 33.2 Å². The van der Waals surface area contributed by atoms with Gasteiger partial charge in [-0.2, -0.15) is 0 Å². The Labute approximate surface area is 117 Å². The summed E-state index contributed by atoms with van der Waals surface area (Å²) in [5.41, 5.74) is 1.59. The van der Waals surface area contributed by atoms with Crippen molar-refractivity contribution in [3.8, 4) is 0 Å². The molecule has 0 aromatic heterocycles. The van der Waals surface area contributed by atoms with Crippen LogP contribution in [0.1, 0.15) is 44.9 Å². The number of hydrogen-bond donors (Lipinski definition) is 2. The minimum absolute atomic E-state index is 0.125. The monoisotopic (exact) mass is 268 g/mol. The summed E-state index contributed by atoms with van der Waals surface area (Å²) in [4.78, 5) is 11.5. The molecular weight excluding hydrogens is 240 g/mol. The van der Waals surface area contributed by atoms with Crippen LogP contribution in [0.25, 0.3) is 0 Å². The number of methoxy groups -OCH3 is 1. The Kier molecular flexibility index (Phi) is 9.37. The van der Waals surface area contributed by atoms with E-state index < -0.39 is 0 Å². The lowest BCUT2D eigenvalue weighted by atomic mass is 9.97. The highest BCUT2D eigenvalue weighted by atomic mass is 16.5. The van der Waals surface area contributed by atoms with Gasteiger partial charge in [0.15, 0.2) is 0 Å². The van der Waals surface area contributed by atoms with Crippen molar-refractivity contribution in [2.45, 2.75) is 44.9 Å². The second kappa shape index (κ2) is 11.0. The van der Waals surface area contributed by atoms with Crippen LogP contribution in [0.2, 0.25) is 0 Å². The van der Waals surface area contributed by atoms with Gasteiger partial charge in [-0.3, -0.25) is 4.79 Å². The van der Waals surface area contributed by atoms with Crippen molar-refractivity contribution < 1.29 is 9.53 Å². The molecule has 0 fully saturated rings. The van der Waals surface area contributed by atoms with Crippen LogP contribution in [0.4, 0.5) is 0 Å². The third kappa shape index (κ3) is 8.78. The van der Waals surface area contributed by atoms with Crippen LogP contribution in [-0.4, -0.2) is 39.3 Å². The zero-order chi connectivity index (χ0) is 13.8. The third-order valence-corrected chi connectivity index (χ3v) is 3.38. The fourth-order valence-electron chi connectivity index (χ4n) is 2.24. The smallest absolute Gasteiger partial charge is 0.221 e. The Hall–Kier alpha value is -0.870. The van der Waals surface area contributed by atoms with Crippen LogP contribution in [0.3, 0.4) is 0 Å². The molecule has 0 unspecified atom stereocenters. The molecule has 0 atom stereocenters. The highest BCUT2D eigenvalue weighted by Gasteiger charge is 2.03. The Balaban J connectivity index is 1.89. The van der Waals surface area contributed by atoms with E-state index in [4.69, 9.17) is 4.74 Å². The van der Waals surface area contributed by atoms with E-state index in [-0.39, 0.29) is 5.91 Å². The van der Waals surface area contributed by atoms with Crippen LogP contribution in [0.5, 0.6) is 0 Å². The summed E-state index contributed by atoms with van der Waals surface area (Å²) in [6, 6.07) is 0. The highest BCUT2D eigenvalue weighted by Crippen LogP contribution is 2.19. The molecule has 110 valence electrons. The maximum absolute atomic E-state index is 11.5. The number of ether oxygens (including phenoxy) is 1. The molecular formula is C15H28N2O2. The molecule has 1 aliphatic rings. The van der Waals surface area contributed by atoms with Crippen LogP contribution < -0.4 is 10.6 Å². The molecule has 0 aromatic rings. The first-order valence-electron chi connectivity index (χ1n) is 7.47. The molecule has 1 rings (SSSR count). The lowest BCUT2D eigenvalue weighted by Crippen LogP contribution is -2.29. The van der Waals surface area contributed by atoms with E-state index in [0.717, 1.165) is 25.9 Å². The first-order valence-corrected chi connectivity index (χ1v) is 7.47. The maximum atomic E-state index is 11.5. The standard InChI is InChI=1S/C15H28N2O2/c1-19-13-5-10-17-15(18)9-12-16-11-8-14-6-3-2-4-7-14/h6,16H,2-5,7-13H2,1H3,(H,17,18). The van der Waals surface area contributed by atoms with Gasteiger partial charge in [-0.15, -0.1) is 0 Å². The molecule has 1 amide bonds. The molecule has 0 saturated carbocycles. The van der Waals surface area contributed by atoms with Crippen molar-refractivity contribution in [3.05, 3.63) is 11.6 Å². The van der Waals surface area contributed by atoms with Gasteiger partial charge >= 0.3 is 0 Å². The molecule has 1 aliphatic carbocycles. The Bertz CT molecular complexity index is 277. The minimum Gasteiger partial charge on any atom is -0.385 e. The van der Waals surface area contributed by atoms with Gasteiger partial charge in [-0.1, -0.05) is 11.6 Å². The summed E-state index contributed by atoms with van der Waals surface area (Å²) in [5, 5.41) is 6.23. The van der Waals surface area contributed by atoms with Crippen LogP contribution >= 0.6 is 0 Å². The molecule has 2 N–H and O–H groups in total. The topological polar surface area (TPSA) is 50.4 Å². The Morgan fingerprint density at radius 2 is 2.21 bits per heavy atom. The van der Waals surface area contributed by atoms with Crippen molar-refractivity contribution in [3.63, 3.8) is 0 Å². The van der Waals surface area contributed by atoms with Gasteiger partial charge in [0.25, 0.3) is 0 Å².